The van der Waals surface area contributed by atoms with Crippen LogP contribution < -0.4 is 10.9 Å². The van der Waals surface area contributed by atoms with E-state index in [0.29, 0.717) is 13.0 Å². The molecule has 1 rings (SSSR count). The molecule has 6 heteroatoms. The van der Waals surface area contributed by atoms with Gasteiger partial charge in [-0.1, -0.05) is 6.92 Å². The van der Waals surface area contributed by atoms with Gasteiger partial charge in [-0.25, -0.2) is 4.98 Å². The first kappa shape index (κ1) is 12.2. The number of carboxylic acid groups (broad SMARTS) is 1. The van der Waals surface area contributed by atoms with Gasteiger partial charge in [-0.05, 0) is 12.3 Å². The molecule has 0 aromatic carbocycles. The molecule has 1 aromatic heterocycles. The van der Waals surface area contributed by atoms with Gasteiger partial charge < -0.3 is 15.4 Å². The fourth-order valence-electron chi connectivity index (χ4n) is 1.22. The fourth-order valence-corrected chi connectivity index (χ4v) is 1.22. The lowest BCUT2D eigenvalue weighted by Crippen LogP contribution is -2.20. The summed E-state index contributed by atoms with van der Waals surface area (Å²) in [6, 6.07) is 0. The second-order valence-corrected chi connectivity index (χ2v) is 3.69. The van der Waals surface area contributed by atoms with Crippen LogP contribution in [0.5, 0.6) is 0 Å². The molecule has 0 spiro atoms. The van der Waals surface area contributed by atoms with Gasteiger partial charge in [0.25, 0.3) is 5.56 Å². The van der Waals surface area contributed by atoms with Crippen molar-refractivity contribution in [3.05, 3.63) is 22.7 Å². The number of H-pyrrole nitrogens is 1. The number of carbonyl (C=O) groups is 1. The van der Waals surface area contributed by atoms with E-state index in [1.807, 2.05) is 6.92 Å². The van der Waals surface area contributed by atoms with E-state index in [2.05, 4.69) is 15.3 Å². The third-order valence-electron chi connectivity index (χ3n) is 2.18. The first-order valence-electron chi connectivity index (χ1n) is 5.09. The second-order valence-electron chi connectivity index (χ2n) is 3.69. The largest absolute Gasteiger partial charge is 0.481 e. The van der Waals surface area contributed by atoms with Crippen LogP contribution in [-0.4, -0.2) is 27.6 Å². The van der Waals surface area contributed by atoms with Crippen LogP contribution in [0.2, 0.25) is 0 Å². The number of nitrogens with one attached hydrogen (secondary N) is 2. The number of nitrogens with zero attached hydrogens (tertiary/aromatic N) is 1. The third kappa shape index (κ3) is 4.12. The Kier molecular flexibility index (Phi) is 4.50. The lowest BCUT2D eigenvalue weighted by molar-refractivity contribution is -0.137. The minimum Gasteiger partial charge on any atom is -0.481 e. The van der Waals surface area contributed by atoms with E-state index in [4.69, 9.17) is 5.11 Å². The predicted molar refractivity (Wildman–Crippen MR) is 59.4 cm³/mol. The highest BCUT2D eigenvalue weighted by Gasteiger charge is 2.06. The molecule has 16 heavy (non-hydrogen) atoms. The van der Waals surface area contributed by atoms with Gasteiger partial charge in [0.15, 0.2) is 5.82 Å². The number of aliphatic carboxylic acids is 1. The summed E-state index contributed by atoms with van der Waals surface area (Å²) in [5.41, 5.74) is -0.270. The van der Waals surface area contributed by atoms with Crippen molar-refractivity contribution in [3.63, 3.8) is 0 Å². The molecule has 0 aliphatic heterocycles. The minimum absolute atomic E-state index is 0.140. The van der Waals surface area contributed by atoms with Crippen molar-refractivity contribution in [2.45, 2.75) is 19.8 Å². The van der Waals surface area contributed by atoms with Crippen LogP contribution in [0.4, 0.5) is 5.82 Å². The minimum atomic E-state index is -0.803. The molecule has 1 atom stereocenters. The fraction of sp³-hybridized carbons (Fsp3) is 0.500. The Morgan fingerprint density at radius 3 is 3.06 bits per heavy atom. The highest BCUT2D eigenvalue weighted by Crippen LogP contribution is 2.05. The molecule has 1 unspecified atom stereocenters. The number of aromatic amines is 1. The quantitative estimate of drug-likeness (QED) is 0.661. The molecule has 3 N–H and O–H groups in total. The predicted octanol–water partition coefficient (Wildman–Crippen LogP) is 0.683. The van der Waals surface area contributed by atoms with Crippen molar-refractivity contribution >= 4 is 11.8 Å². The van der Waals surface area contributed by atoms with E-state index in [9.17, 15) is 9.59 Å². The normalized spacial score (nSPS) is 12.1. The molecule has 1 heterocycles. The Balaban J connectivity index is 2.37. The number of rotatable bonds is 6. The zero-order chi connectivity index (χ0) is 12.0. The molecular weight excluding hydrogens is 210 g/mol. The van der Waals surface area contributed by atoms with Gasteiger partial charge in [-0.3, -0.25) is 9.59 Å². The smallest absolute Gasteiger partial charge is 0.303 e. The summed E-state index contributed by atoms with van der Waals surface area (Å²) in [5.74, 6) is -0.357. The monoisotopic (exact) mass is 225 g/mol. The maximum atomic E-state index is 11.2. The molecule has 88 valence electrons. The Hall–Kier alpha value is -1.85. The van der Waals surface area contributed by atoms with Crippen molar-refractivity contribution in [1.29, 1.82) is 0 Å². The van der Waals surface area contributed by atoms with Crippen LogP contribution in [0.1, 0.15) is 19.8 Å². The van der Waals surface area contributed by atoms with Crippen LogP contribution >= 0.6 is 0 Å². The summed E-state index contributed by atoms with van der Waals surface area (Å²) in [7, 11) is 0. The zero-order valence-corrected chi connectivity index (χ0v) is 9.06. The van der Waals surface area contributed by atoms with Gasteiger partial charge in [-0.2, -0.15) is 0 Å². The number of hydrogen-bond donors (Lipinski definition) is 3. The van der Waals surface area contributed by atoms with Crippen LogP contribution in [0, 0.1) is 5.92 Å². The maximum Gasteiger partial charge on any atom is 0.303 e. The van der Waals surface area contributed by atoms with Gasteiger partial charge in [0, 0.05) is 25.4 Å². The van der Waals surface area contributed by atoms with Crippen molar-refractivity contribution in [2.24, 2.45) is 5.92 Å². The van der Waals surface area contributed by atoms with Crippen molar-refractivity contribution in [3.8, 4) is 0 Å². The van der Waals surface area contributed by atoms with Crippen LogP contribution in [0.15, 0.2) is 17.2 Å². The lowest BCUT2D eigenvalue weighted by atomic mass is 10.1. The zero-order valence-electron chi connectivity index (χ0n) is 9.06. The molecule has 6 nitrogen and oxygen atoms in total. The highest BCUT2D eigenvalue weighted by molar-refractivity contribution is 5.66. The summed E-state index contributed by atoms with van der Waals surface area (Å²) >= 11 is 0. The summed E-state index contributed by atoms with van der Waals surface area (Å²) in [5, 5.41) is 11.4. The molecule has 0 aliphatic carbocycles. The summed E-state index contributed by atoms with van der Waals surface area (Å²) in [4.78, 5) is 27.9. The van der Waals surface area contributed by atoms with Gasteiger partial charge in [0.2, 0.25) is 0 Å². The number of anilines is 1. The molecule has 1 aromatic rings. The first-order chi connectivity index (χ1) is 7.59. The van der Waals surface area contributed by atoms with Gasteiger partial charge in [0.1, 0.15) is 0 Å². The summed E-state index contributed by atoms with van der Waals surface area (Å²) < 4.78 is 0. The van der Waals surface area contributed by atoms with Gasteiger partial charge in [-0.15, -0.1) is 0 Å². The van der Waals surface area contributed by atoms with E-state index in [-0.39, 0.29) is 23.7 Å². The maximum absolute atomic E-state index is 11.2. The van der Waals surface area contributed by atoms with Crippen LogP contribution in [0.3, 0.4) is 0 Å². The SMILES string of the molecule is CC(CCC(=O)O)CNc1ncc[nH]c1=O. The molecule has 0 saturated carbocycles. The van der Waals surface area contributed by atoms with Crippen molar-refractivity contribution in [2.75, 3.05) is 11.9 Å². The average Bonchev–Trinajstić information content (AvgIpc) is 2.25. The Bertz CT molecular complexity index is 402. The number of carboxylic acids is 1. The number of hydrogen-bond acceptors (Lipinski definition) is 4. The van der Waals surface area contributed by atoms with Crippen molar-refractivity contribution < 1.29 is 9.90 Å². The van der Waals surface area contributed by atoms with E-state index in [1.165, 1.54) is 12.4 Å². The van der Waals surface area contributed by atoms with E-state index < -0.39 is 5.97 Å². The molecule has 0 bridgehead atoms. The van der Waals surface area contributed by atoms with E-state index in [0.717, 1.165) is 0 Å². The number of aromatic nitrogens is 2. The Morgan fingerprint density at radius 2 is 2.44 bits per heavy atom. The summed E-state index contributed by atoms with van der Waals surface area (Å²) in [6.07, 6.45) is 3.67. The van der Waals surface area contributed by atoms with Crippen molar-refractivity contribution in [1.82, 2.24) is 9.97 Å². The highest BCUT2D eigenvalue weighted by atomic mass is 16.4. The molecule has 0 aliphatic rings. The van der Waals surface area contributed by atoms with E-state index in [1.54, 1.807) is 0 Å². The third-order valence-corrected chi connectivity index (χ3v) is 2.18. The first-order valence-corrected chi connectivity index (χ1v) is 5.09. The lowest BCUT2D eigenvalue weighted by Gasteiger charge is -2.10. The summed E-state index contributed by atoms with van der Waals surface area (Å²) in [6.45, 7) is 2.46. The second kappa shape index (κ2) is 5.89. The molecule has 0 radical (unpaired) electrons. The standard InChI is InChI=1S/C10H15N3O3/c1-7(2-3-8(14)15)6-13-9-10(16)12-5-4-11-9/h4-5,7H,2-3,6H2,1H3,(H,11,13)(H,12,16)(H,14,15). The molecule has 0 fully saturated rings. The molecule has 0 saturated heterocycles. The van der Waals surface area contributed by atoms with Gasteiger partial charge in [0.05, 0.1) is 0 Å². The van der Waals surface area contributed by atoms with Gasteiger partial charge >= 0.3 is 5.97 Å². The van der Waals surface area contributed by atoms with Crippen LogP contribution in [0.25, 0.3) is 0 Å². The Labute approximate surface area is 92.7 Å². The Morgan fingerprint density at radius 1 is 1.69 bits per heavy atom. The molecule has 0 amide bonds. The molecular formula is C10H15N3O3. The topological polar surface area (TPSA) is 95.1 Å². The average molecular weight is 225 g/mol. The van der Waals surface area contributed by atoms with Crippen LogP contribution in [-0.2, 0) is 4.79 Å². The van der Waals surface area contributed by atoms with E-state index >= 15 is 0 Å².